The fourth-order valence-electron chi connectivity index (χ4n) is 1.36. The summed E-state index contributed by atoms with van der Waals surface area (Å²) in [4.78, 5) is 6.43. The van der Waals surface area contributed by atoms with Gasteiger partial charge in [0.15, 0.2) is 5.29 Å². The molecule has 0 aromatic heterocycles. The highest BCUT2D eigenvalue weighted by Gasteiger charge is 2.38. The molecule has 0 spiro atoms. The predicted molar refractivity (Wildman–Crippen MR) is 52.3 cm³/mol. The van der Waals surface area contributed by atoms with Crippen LogP contribution in [0.15, 0.2) is 4.99 Å². The first kappa shape index (κ1) is 9.81. The van der Waals surface area contributed by atoms with Gasteiger partial charge in [-0.05, 0) is 46.3 Å². The summed E-state index contributed by atoms with van der Waals surface area (Å²) in [5, 5.41) is 3.59. The summed E-state index contributed by atoms with van der Waals surface area (Å²) in [5.74, 6) is 0. The lowest BCUT2D eigenvalue weighted by atomic mass is 10.1. The van der Waals surface area contributed by atoms with Crippen molar-refractivity contribution in [2.45, 2.75) is 39.0 Å². The molecule has 70 valence electrons. The van der Waals surface area contributed by atoms with E-state index in [-0.39, 0.29) is 11.3 Å². The molecule has 1 aliphatic rings. The van der Waals surface area contributed by atoms with E-state index in [1.54, 1.807) is 0 Å². The van der Waals surface area contributed by atoms with Gasteiger partial charge < -0.3 is 5.32 Å². The van der Waals surface area contributed by atoms with E-state index in [4.69, 9.17) is 11.6 Å². The summed E-state index contributed by atoms with van der Waals surface area (Å²) < 4.78 is 0. The maximum Gasteiger partial charge on any atom is 0.194 e. The highest BCUT2D eigenvalue weighted by Crippen LogP contribution is 2.26. The minimum absolute atomic E-state index is 0.137. The zero-order chi connectivity index (χ0) is 9.57. The van der Waals surface area contributed by atoms with E-state index in [0.29, 0.717) is 5.29 Å². The van der Waals surface area contributed by atoms with E-state index >= 15 is 0 Å². The van der Waals surface area contributed by atoms with Crippen LogP contribution in [0.2, 0.25) is 0 Å². The summed E-state index contributed by atoms with van der Waals surface area (Å²) in [6.45, 7) is 8.23. The van der Waals surface area contributed by atoms with Crippen molar-refractivity contribution in [1.29, 1.82) is 0 Å². The second-order valence-corrected chi connectivity index (χ2v) is 4.50. The van der Waals surface area contributed by atoms with Crippen molar-refractivity contribution in [3.05, 3.63) is 0 Å². The normalized spacial score (nSPS) is 27.7. The molecule has 12 heavy (non-hydrogen) atoms. The Morgan fingerprint density at radius 3 is 2.25 bits per heavy atom. The third-order valence-corrected chi connectivity index (χ3v) is 2.62. The number of nitrogens with zero attached hydrogens (tertiary/aromatic N) is 2. The number of aliphatic imine (C=N–C) groups is 1. The predicted octanol–water partition coefficient (Wildman–Crippen LogP) is 1.59. The molecule has 3 nitrogen and oxygen atoms in total. The molecule has 0 amide bonds. The molecule has 0 radical (unpaired) electrons. The standard InChI is InChI=1S/C8H16ClN3/c1-7(2)10-6(9)11-8(3,4)12(7)5/h1-5H3,(H,10,11). The van der Waals surface area contributed by atoms with Crippen LogP contribution in [-0.4, -0.2) is 28.6 Å². The summed E-state index contributed by atoms with van der Waals surface area (Å²) in [7, 11) is 2.03. The van der Waals surface area contributed by atoms with E-state index in [0.717, 1.165) is 0 Å². The SMILES string of the molecule is CN1C(C)(C)N=C(Cl)NC1(C)C. The first-order valence-electron chi connectivity index (χ1n) is 4.03. The van der Waals surface area contributed by atoms with Gasteiger partial charge in [0.2, 0.25) is 0 Å². The quantitative estimate of drug-likeness (QED) is 0.587. The Balaban J connectivity index is 3.02. The summed E-state index contributed by atoms with van der Waals surface area (Å²) in [6, 6.07) is 0. The number of hydrogen-bond acceptors (Lipinski definition) is 3. The van der Waals surface area contributed by atoms with E-state index in [1.165, 1.54) is 0 Å². The second-order valence-electron chi connectivity index (χ2n) is 4.14. The van der Waals surface area contributed by atoms with Gasteiger partial charge in [0.1, 0.15) is 5.66 Å². The van der Waals surface area contributed by atoms with Crippen molar-refractivity contribution in [1.82, 2.24) is 10.2 Å². The van der Waals surface area contributed by atoms with Crippen molar-refractivity contribution in [2.24, 2.45) is 4.99 Å². The summed E-state index contributed by atoms with van der Waals surface area (Å²) in [5.41, 5.74) is -0.367. The van der Waals surface area contributed by atoms with Crippen LogP contribution in [0.5, 0.6) is 0 Å². The molecule has 1 N–H and O–H groups in total. The molecule has 1 aliphatic heterocycles. The van der Waals surface area contributed by atoms with Crippen LogP contribution in [0.25, 0.3) is 0 Å². The van der Waals surface area contributed by atoms with Crippen LogP contribution in [0.3, 0.4) is 0 Å². The van der Waals surface area contributed by atoms with E-state index in [2.05, 4.69) is 29.1 Å². The van der Waals surface area contributed by atoms with Gasteiger partial charge in [-0.2, -0.15) is 0 Å². The fraction of sp³-hybridized carbons (Fsp3) is 0.875. The van der Waals surface area contributed by atoms with Crippen molar-refractivity contribution < 1.29 is 0 Å². The Bertz CT molecular complexity index is 220. The number of rotatable bonds is 0. The first-order chi connectivity index (χ1) is 5.26. The third-order valence-electron chi connectivity index (χ3n) is 2.44. The number of nitrogens with one attached hydrogen (secondary N) is 1. The molecule has 0 saturated carbocycles. The lowest BCUT2D eigenvalue weighted by molar-refractivity contribution is 0.0287. The number of hydrogen-bond donors (Lipinski definition) is 1. The average Bonchev–Trinajstić information content (AvgIpc) is 1.80. The molecular weight excluding hydrogens is 174 g/mol. The maximum absolute atomic E-state index is 5.86. The Hall–Kier alpha value is -0.280. The zero-order valence-corrected chi connectivity index (χ0v) is 9.03. The zero-order valence-electron chi connectivity index (χ0n) is 8.27. The third kappa shape index (κ3) is 1.57. The van der Waals surface area contributed by atoms with Crippen LogP contribution in [0.1, 0.15) is 27.7 Å². The number of amidine groups is 1. The van der Waals surface area contributed by atoms with Gasteiger partial charge in [-0.15, -0.1) is 0 Å². The van der Waals surface area contributed by atoms with Crippen LogP contribution >= 0.6 is 11.6 Å². The molecule has 0 aliphatic carbocycles. The smallest absolute Gasteiger partial charge is 0.194 e. The Morgan fingerprint density at radius 2 is 1.83 bits per heavy atom. The molecule has 0 saturated heterocycles. The average molecular weight is 190 g/mol. The maximum atomic E-state index is 5.86. The molecule has 0 bridgehead atoms. The fourth-order valence-corrected chi connectivity index (χ4v) is 1.80. The Kier molecular flexibility index (Phi) is 2.13. The largest absolute Gasteiger partial charge is 0.343 e. The highest BCUT2D eigenvalue weighted by molar-refractivity contribution is 6.64. The monoisotopic (exact) mass is 189 g/mol. The molecule has 0 aromatic rings. The van der Waals surface area contributed by atoms with Crippen molar-refractivity contribution >= 4 is 16.9 Å². The minimum Gasteiger partial charge on any atom is -0.343 e. The molecule has 0 fully saturated rings. The second kappa shape index (κ2) is 2.60. The number of halogens is 1. The lowest BCUT2D eigenvalue weighted by Gasteiger charge is -2.48. The Labute approximate surface area is 78.8 Å². The first-order valence-corrected chi connectivity index (χ1v) is 4.41. The van der Waals surface area contributed by atoms with Crippen molar-refractivity contribution in [3.8, 4) is 0 Å². The van der Waals surface area contributed by atoms with Gasteiger partial charge in [0.25, 0.3) is 0 Å². The van der Waals surface area contributed by atoms with Crippen LogP contribution in [0, 0.1) is 0 Å². The van der Waals surface area contributed by atoms with Gasteiger partial charge in [0, 0.05) is 0 Å². The van der Waals surface area contributed by atoms with Gasteiger partial charge in [-0.25, -0.2) is 4.99 Å². The van der Waals surface area contributed by atoms with Crippen LogP contribution in [-0.2, 0) is 0 Å². The van der Waals surface area contributed by atoms with Gasteiger partial charge >= 0.3 is 0 Å². The molecule has 0 aromatic carbocycles. The van der Waals surface area contributed by atoms with Gasteiger partial charge in [-0.1, -0.05) is 0 Å². The Morgan fingerprint density at radius 1 is 1.33 bits per heavy atom. The van der Waals surface area contributed by atoms with Crippen LogP contribution in [0.4, 0.5) is 0 Å². The van der Waals surface area contributed by atoms with E-state index in [9.17, 15) is 0 Å². The molecular formula is C8H16ClN3. The summed E-state index contributed by atoms with van der Waals surface area (Å²) >= 11 is 5.86. The van der Waals surface area contributed by atoms with Crippen molar-refractivity contribution in [2.75, 3.05) is 7.05 Å². The summed E-state index contributed by atoms with van der Waals surface area (Å²) in [6.07, 6.45) is 0. The van der Waals surface area contributed by atoms with E-state index < -0.39 is 0 Å². The van der Waals surface area contributed by atoms with Crippen LogP contribution < -0.4 is 5.32 Å². The molecule has 4 heteroatoms. The molecule has 0 atom stereocenters. The van der Waals surface area contributed by atoms with Crippen molar-refractivity contribution in [3.63, 3.8) is 0 Å². The molecule has 1 rings (SSSR count). The molecule has 0 unspecified atom stereocenters. The highest BCUT2D eigenvalue weighted by atomic mass is 35.5. The molecule has 1 heterocycles. The topological polar surface area (TPSA) is 27.6 Å². The van der Waals surface area contributed by atoms with Gasteiger partial charge in [-0.3, -0.25) is 4.90 Å². The van der Waals surface area contributed by atoms with E-state index in [1.807, 2.05) is 20.9 Å². The minimum atomic E-state index is -0.230. The lowest BCUT2D eigenvalue weighted by Crippen LogP contribution is -2.64. The van der Waals surface area contributed by atoms with Gasteiger partial charge in [0.05, 0.1) is 5.66 Å².